The van der Waals surface area contributed by atoms with Gasteiger partial charge in [0.2, 0.25) is 0 Å². The zero-order valence-corrected chi connectivity index (χ0v) is 14.2. The van der Waals surface area contributed by atoms with Crippen LogP contribution in [0.3, 0.4) is 0 Å². The SMILES string of the molecule is CCc1ccc(CNCC2CCC(N)C(C)C2(C)C)s1. The predicted octanol–water partition coefficient (Wildman–Crippen LogP) is 3.80. The van der Waals surface area contributed by atoms with Gasteiger partial charge in [0.15, 0.2) is 0 Å². The van der Waals surface area contributed by atoms with Crippen LogP contribution in [-0.4, -0.2) is 12.6 Å². The summed E-state index contributed by atoms with van der Waals surface area (Å²) in [6, 6.07) is 4.90. The highest BCUT2D eigenvalue weighted by Crippen LogP contribution is 2.43. The number of thiophene rings is 1. The molecule has 3 unspecified atom stereocenters. The van der Waals surface area contributed by atoms with Gasteiger partial charge in [0.1, 0.15) is 0 Å². The summed E-state index contributed by atoms with van der Waals surface area (Å²) in [7, 11) is 0. The molecular weight excluding hydrogens is 264 g/mol. The average molecular weight is 295 g/mol. The van der Waals surface area contributed by atoms with Crippen LogP contribution in [0.5, 0.6) is 0 Å². The highest BCUT2D eigenvalue weighted by molar-refractivity contribution is 7.11. The molecule has 1 aliphatic carbocycles. The van der Waals surface area contributed by atoms with Gasteiger partial charge in [-0.15, -0.1) is 11.3 Å². The van der Waals surface area contributed by atoms with Crippen molar-refractivity contribution in [3.05, 3.63) is 21.9 Å². The van der Waals surface area contributed by atoms with Crippen molar-refractivity contribution in [1.29, 1.82) is 0 Å². The van der Waals surface area contributed by atoms with E-state index in [2.05, 4.69) is 45.1 Å². The van der Waals surface area contributed by atoms with Crippen LogP contribution in [0.15, 0.2) is 12.1 Å². The second-order valence-corrected chi connectivity index (χ2v) is 8.15. The number of hydrogen-bond donors (Lipinski definition) is 2. The molecule has 3 heteroatoms. The predicted molar refractivity (Wildman–Crippen MR) is 89.0 cm³/mol. The molecule has 3 atom stereocenters. The largest absolute Gasteiger partial charge is 0.327 e. The lowest BCUT2D eigenvalue weighted by Crippen LogP contribution is -2.49. The van der Waals surface area contributed by atoms with Crippen molar-refractivity contribution in [3.8, 4) is 0 Å². The first-order chi connectivity index (χ1) is 9.45. The summed E-state index contributed by atoms with van der Waals surface area (Å²) in [5.74, 6) is 1.35. The lowest BCUT2D eigenvalue weighted by molar-refractivity contribution is 0.0539. The van der Waals surface area contributed by atoms with Crippen molar-refractivity contribution in [1.82, 2.24) is 5.32 Å². The van der Waals surface area contributed by atoms with Gasteiger partial charge in [-0.25, -0.2) is 0 Å². The lowest BCUT2D eigenvalue weighted by Gasteiger charge is -2.47. The van der Waals surface area contributed by atoms with Gasteiger partial charge in [-0.1, -0.05) is 27.7 Å². The standard InChI is InChI=1S/C17H30N2S/c1-5-14-7-8-15(20-14)11-19-10-13-6-9-16(18)12(2)17(13,3)4/h7-8,12-13,16,19H,5-6,9-11,18H2,1-4H3. The van der Waals surface area contributed by atoms with Gasteiger partial charge in [-0.3, -0.25) is 0 Å². The fraction of sp³-hybridized carbons (Fsp3) is 0.765. The fourth-order valence-corrected chi connectivity index (χ4v) is 4.31. The van der Waals surface area contributed by atoms with E-state index in [1.54, 1.807) is 0 Å². The van der Waals surface area contributed by atoms with Gasteiger partial charge in [0.05, 0.1) is 0 Å². The monoisotopic (exact) mass is 294 g/mol. The number of nitrogens with two attached hydrogens (primary N) is 1. The zero-order chi connectivity index (χ0) is 14.8. The number of hydrogen-bond acceptors (Lipinski definition) is 3. The van der Waals surface area contributed by atoms with Crippen molar-refractivity contribution >= 4 is 11.3 Å². The minimum absolute atomic E-state index is 0.342. The first-order valence-corrected chi connectivity index (χ1v) is 8.80. The van der Waals surface area contributed by atoms with Crippen LogP contribution >= 0.6 is 11.3 Å². The quantitative estimate of drug-likeness (QED) is 0.867. The molecule has 1 saturated carbocycles. The number of rotatable bonds is 5. The summed E-state index contributed by atoms with van der Waals surface area (Å²) in [5, 5.41) is 3.67. The Morgan fingerprint density at radius 2 is 2.00 bits per heavy atom. The van der Waals surface area contributed by atoms with Crippen LogP contribution in [0.2, 0.25) is 0 Å². The van der Waals surface area contributed by atoms with Crippen LogP contribution in [0.25, 0.3) is 0 Å². The first kappa shape index (κ1) is 16.0. The third-order valence-corrected chi connectivity index (χ3v) is 6.70. The molecule has 20 heavy (non-hydrogen) atoms. The Kier molecular flexibility index (Phi) is 5.27. The minimum atomic E-state index is 0.342. The molecule has 1 aliphatic rings. The highest BCUT2D eigenvalue weighted by atomic mass is 32.1. The van der Waals surface area contributed by atoms with Gasteiger partial charge in [0.25, 0.3) is 0 Å². The van der Waals surface area contributed by atoms with Gasteiger partial charge in [-0.2, -0.15) is 0 Å². The highest BCUT2D eigenvalue weighted by Gasteiger charge is 2.41. The molecule has 114 valence electrons. The second-order valence-electron chi connectivity index (χ2n) is 6.90. The molecule has 0 radical (unpaired) electrons. The molecule has 1 aromatic rings. The van der Waals surface area contributed by atoms with Crippen molar-refractivity contribution < 1.29 is 0 Å². The maximum Gasteiger partial charge on any atom is 0.0299 e. The Hall–Kier alpha value is -0.380. The van der Waals surface area contributed by atoms with E-state index in [1.807, 2.05) is 11.3 Å². The van der Waals surface area contributed by atoms with Crippen LogP contribution in [-0.2, 0) is 13.0 Å². The molecule has 2 rings (SSSR count). The maximum atomic E-state index is 6.24. The molecule has 0 amide bonds. The smallest absolute Gasteiger partial charge is 0.0299 e. The topological polar surface area (TPSA) is 38.0 Å². The van der Waals surface area contributed by atoms with E-state index in [1.165, 1.54) is 22.6 Å². The summed E-state index contributed by atoms with van der Waals surface area (Å²) < 4.78 is 0. The van der Waals surface area contributed by atoms with E-state index in [0.29, 0.717) is 17.4 Å². The summed E-state index contributed by atoms with van der Waals surface area (Å²) in [6.07, 6.45) is 3.59. The maximum absolute atomic E-state index is 6.24. The molecule has 1 heterocycles. The summed E-state index contributed by atoms with van der Waals surface area (Å²) in [6.45, 7) is 11.5. The summed E-state index contributed by atoms with van der Waals surface area (Å²) in [5.41, 5.74) is 6.58. The van der Waals surface area contributed by atoms with Gasteiger partial charge < -0.3 is 11.1 Å². The van der Waals surface area contributed by atoms with Gasteiger partial charge in [-0.05, 0) is 55.2 Å². The average Bonchev–Trinajstić information content (AvgIpc) is 2.87. The van der Waals surface area contributed by atoms with E-state index < -0.39 is 0 Å². The van der Waals surface area contributed by atoms with Crippen LogP contribution in [0, 0.1) is 17.3 Å². The Balaban J connectivity index is 1.84. The van der Waals surface area contributed by atoms with Gasteiger partial charge in [0, 0.05) is 22.3 Å². The molecule has 1 aromatic heterocycles. The normalized spacial score (nSPS) is 29.6. The summed E-state index contributed by atoms with van der Waals surface area (Å²) >= 11 is 1.94. The molecule has 2 nitrogen and oxygen atoms in total. The molecule has 0 bridgehead atoms. The Morgan fingerprint density at radius 3 is 2.65 bits per heavy atom. The van der Waals surface area contributed by atoms with E-state index in [0.717, 1.165) is 25.4 Å². The van der Waals surface area contributed by atoms with Crippen LogP contribution in [0.4, 0.5) is 0 Å². The van der Waals surface area contributed by atoms with Crippen LogP contribution < -0.4 is 11.1 Å². The van der Waals surface area contributed by atoms with Crippen molar-refractivity contribution in [2.24, 2.45) is 23.0 Å². The molecular formula is C17H30N2S. The minimum Gasteiger partial charge on any atom is -0.327 e. The number of aryl methyl sites for hydroxylation is 1. The third-order valence-electron chi connectivity index (χ3n) is 5.47. The number of nitrogens with one attached hydrogen (secondary N) is 1. The third kappa shape index (κ3) is 3.44. The molecule has 0 saturated heterocycles. The molecule has 0 aromatic carbocycles. The Bertz CT molecular complexity index is 424. The van der Waals surface area contributed by atoms with Crippen molar-refractivity contribution in [3.63, 3.8) is 0 Å². The van der Waals surface area contributed by atoms with Crippen LogP contribution in [0.1, 0.15) is 50.3 Å². The zero-order valence-electron chi connectivity index (χ0n) is 13.4. The Labute approximate surface area is 128 Å². The van der Waals surface area contributed by atoms with Gasteiger partial charge >= 0.3 is 0 Å². The first-order valence-electron chi connectivity index (χ1n) is 7.99. The molecule has 3 N–H and O–H groups in total. The van der Waals surface area contributed by atoms with E-state index >= 15 is 0 Å². The molecule has 1 fully saturated rings. The van der Waals surface area contributed by atoms with Crippen molar-refractivity contribution in [2.75, 3.05) is 6.54 Å². The second kappa shape index (κ2) is 6.59. The van der Waals surface area contributed by atoms with E-state index in [-0.39, 0.29) is 0 Å². The van der Waals surface area contributed by atoms with E-state index in [9.17, 15) is 0 Å². The molecule has 0 aliphatic heterocycles. The lowest BCUT2D eigenvalue weighted by atomic mass is 9.61. The fourth-order valence-electron chi connectivity index (χ4n) is 3.38. The van der Waals surface area contributed by atoms with Crippen molar-refractivity contribution in [2.45, 2.75) is 59.5 Å². The summed E-state index contributed by atoms with van der Waals surface area (Å²) in [4.78, 5) is 2.94. The van der Waals surface area contributed by atoms with E-state index in [4.69, 9.17) is 5.73 Å². The Morgan fingerprint density at radius 1 is 1.30 bits per heavy atom. The molecule has 0 spiro atoms.